The molecule has 0 aliphatic heterocycles. The number of hydrogen-bond donors (Lipinski definition) is 0. The van der Waals surface area contributed by atoms with Crippen LogP contribution in [0.3, 0.4) is 0 Å². The van der Waals surface area contributed by atoms with E-state index in [0.29, 0.717) is 0 Å². The van der Waals surface area contributed by atoms with Crippen molar-refractivity contribution in [2.45, 2.75) is 53.6 Å². The Bertz CT molecular complexity index is 771. The van der Waals surface area contributed by atoms with E-state index in [0.717, 1.165) is 12.8 Å². The van der Waals surface area contributed by atoms with Crippen molar-refractivity contribution in [3.63, 3.8) is 0 Å². The van der Waals surface area contributed by atoms with Crippen molar-refractivity contribution in [1.29, 1.82) is 0 Å². The maximum Gasteiger partial charge on any atom is 4.00 e. The second kappa shape index (κ2) is 13.0. The van der Waals surface area contributed by atoms with Crippen molar-refractivity contribution < 1.29 is 26.2 Å². The van der Waals surface area contributed by atoms with E-state index in [2.05, 4.69) is 65.1 Å². The molecule has 0 aromatic heterocycles. The van der Waals surface area contributed by atoms with Crippen LogP contribution < -0.4 is 0 Å². The molecule has 0 saturated carbocycles. The summed E-state index contributed by atoms with van der Waals surface area (Å²) in [6.07, 6.45) is 9.08. The van der Waals surface area contributed by atoms with Gasteiger partial charge in [0.1, 0.15) is 0 Å². The molecule has 2 aromatic rings. The average Bonchev–Trinajstić information content (AvgIpc) is 3.26. The molecule has 30 heavy (non-hydrogen) atoms. The maximum absolute atomic E-state index is 3.50. The van der Waals surface area contributed by atoms with Gasteiger partial charge in [-0.25, -0.2) is 21.5 Å². The van der Waals surface area contributed by atoms with Crippen LogP contribution in [-0.2, 0) is 26.2 Å². The molecule has 152 valence electrons. The first-order valence-corrected chi connectivity index (χ1v) is 13.2. The SMILES string of the molecule is CC1=[C-]CC(C)=C1[Si](C)(C)C1=C(C)C[C-]=C1C.[Zr+4].[c-]1ccccc1.[c-]1ccccc1. The van der Waals surface area contributed by atoms with Crippen molar-refractivity contribution in [3.8, 4) is 0 Å². The van der Waals surface area contributed by atoms with Crippen LogP contribution in [0, 0.1) is 24.3 Å². The average molecular weight is 488 g/mol. The van der Waals surface area contributed by atoms with Crippen LogP contribution in [0.25, 0.3) is 0 Å². The predicted molar refractivity (Wildman–Crippen MR) is 128 cm³/mol. The molecular weight excluding hydrogens is 456 g/mol. The third-order valence-electron chi connectivity index (χ3n) is 5.31. The molecule has 0 bridgehead atoms. The smallest absolute Gasteiger partial charge is 0.269 e. The first-order valence-electron chi connectivity index (χ1n) is 10.2. The Morgan fingerprint density at radius 1 is 0.600 bits per heavy atom. The molecule has 0 atom stereocenters. The molecule has 2 aliphatic carbocycles. The summed E-state index contributed by atoms with van der Waals surface area (Å²) in [4.78, 5) is 0. The number of hydrogen-bond acceptors (Lipinski definition) is 0. The van der Waals surface area contributed by atoms with Crippen molar-refractivity contribution >= 4 is 8.07 Å². The summed E-state index contributed by atoms with van der Waals surface area (Å²) >= 11 is 0. The third kappa shape index (κ3) is 7.33. The quantitative estimate of drug-likeness (QED) is 0.301. The fourth-order valence-electron chi connectivity index (χ4n) is 4.34. The van der Waals surface area contributed by atoms with E-state index < -0.39 is 8.07 Å². The first-order chi connectivity index (χ1) is 13.9. The van der Waals surface area contributed by atoms with Crippen molar-refractivity contribution in [2.75, 3.05) is 0 Å². The molecule has 2 aliphatic rings. The zero-order chi connectivity index (χ0) is 21.3. The molecule has 4 rings (SSSR count). The summed E-state index contributed by atoms with van der Waals surface area (Å²) in [5, 5.41) is 3.27. The maximum atomic E-state index is 3.50. The van der Waals surface area contributed by atoms with Gasteiger partial charge >= 0.3 is 26.2 Å². The molecule has 2 heteroatoms. The second-order valence-electron chi connectivity index (χ2n) is 8.05. The minimum atomic E-state index is -1.53. The fourth-order valence-corrected chi connectivity index (χ4v) is 8.95. The standard InChI is InChI=1S/C16H22Si.2C6H5.Zr/c1-11-7-8-12(2)15(11)17(5,6)16-13(3)9-10-14(16)4;2*1-2-4-6-5-3-1;/h7,9H2,1-6H3;2*1-5H;/q-2;2*-1;+4. The number of rotatable bonds is 2. The van der Waals surface area contributed by atoms with Crippen LogP contribution in [0.5, 0.6) is 0 Å². The summed E-state index contributed by atoms with van der Waals surface area (Å²) in [6, 6.07) is 25.0. The summed E-state index contributed by atoms with van der Waals surface area (Å²) in [5.74, 6) is 0. The Balaban J connectivity index is 0.000000283. The molecule has 0 saturated heterocycles. The minimum absolute atomic E-state index is 0. The summed E-state index contributed by atoms with van der Waals surface area (Å²) in [6.45, 7) is 14.0. The van der Waals surface area contributed by atoms with Crippen LogP contribution in [0.15, 0.2) is 93.3 Å². The summed E-state index contributed by atoms with van der Waals surface area (Å²) in [7, 11) is -1.53. The topological polar surface area (TPSA) is 0 Å². The van der Waals surface area contributed by atoms with Crippen LogP contribution >= 0.6 is 0 Å². The van der Waals surface area contributed by atoms with E-state index in [9.17, 15) is 0 Å². The molecule has 0 unspecified atom stereocenters. The normalized spacial score (nSPS) is 15.3. The Labute approximate surface area is 204 Å². The van der Waals surface area contributed by atoms with E-state index in [1.807, 2.05) is 60.7 Å². The van der Waals surface area contributed by atoms with Crippen molar-refractivity contribution in [3.05, 3.63) is 118 Å². The third-order valence-corrected chi connectivity index (χ3v) is 9.41. The van der Waals surface area contributed by atoms with Crippen molar-refractivity contribution in [1.82, 2.24) is 0 Å². The number of benzene rings is 2. The summed E-state index contributed by atoms with van der Waals surface area (Å²) in [5.41, 5.74) is 5.89. The van der Waals surface area contributed by atoms with E-state index in [4.69, 9.17) is 0 Å². The zero-order valence-corrected chi connectivity index (χ0v) is 22.6. The molecule has 0 nitrogen and oxygen atoms in total. The molecule has 0 N–H and O–H groups in total. The molecule has 0 radical (unpaired) electrons. The Morgan fingerprint density at radius 3 is 1.10 bits per heavy atom. The fraction of sp³-hybridized carbons (Fsp3) is 0.286. The van der Waals surface area contributed by atoms with Crippen LogP contribution in [-0.4, -0.2) is 8.07 Å². The van der Waals surface area contributed by atoms with Gasteiger partial charge in [-0.1, -0.05) is 48.9 Å². The summed E-state index contributed by atoms with van der Waals surface area (Å²) < 4.78 is 0. The van der Waals surface area contributed by atoms with Crippen LogP contribution in [0.2, 0.25) is 13.1 Å². The van der Waals surface area contributed by atoms with E-state index in [-0.39, 0.29) is 26.2 Å². The predicted octanol–water partition coefficient (Wildman–Crippen LogP) is 7.68. The van der Waals surface area contributed by atoms with E-state index >= 15 is 0 Å². The number of allylic oxidation sites excluding steroid dienone is 8. The van der Waals surface area contributed by atoms with Gasteiger partial charge in [0.25, 0.3) is 0 Å². The first kappa shape index (κ1) is 26.5. The Kier molecular flexibility index (Phi) is 11.5. The van der Waals surface area contributed by atoms with Gasteiger partial charge in [-0.05, 0) is 0 Å². The van der Waals surface area contributed by atoms with Gasteiger partial charge in [-0.15, -0.1) is 12.8 Å². The van der Waals surface area contributed by atoms with Crippen LogP contribution in [0.4, 0.5) is 0 Å². The van der Waals surface area contributed by atoms with Crippen molar-refractivity contribution in [2.24, 2.45) is 0 Å². The van der Waals surface area contributed by atoms with Gasteiger partial charge < -0.3 is 0 Å². The van der Waals surface area contributed by atoms with Gasteiger partial charge in [-0.3, -0.25) is 12.2 Å². The minimum Gasteiger partial charge on any atom is -0.269 e. The van der Waals surface area contributed by atoms with Gasteiger partial charge in [0.15, 0.2) is 0 Å². The molecule has 0 fully saturated rings. The second-order valence-corrected chi connectivity index (χ2v) is 12.3. The van der Waals surface area contributed by atoms with Gasteiger partial charge in [-0.2, -0.15) is 83.9 Å². The van der Waals surface area contributed by atoms with E-state index in [1.165, 1.54) is 11.1 Å². The van der Waals surface area contributed by atoms with E-state index in [1.54, 1.807) is 21.5 Å². The monoisotopic (exact) mass is 486 g/mol. The molecule has 0 heterocycles. The molecule has 0 spiro atoms. The van der Waals surface area contributed by atoms with Crippen LogP contribution in [0.1, 0.15) is 40.5 Å². The molecule has 2 aromatic carbocycles. The molecule has 0 amide bonds. The van der Waals surface area contributed by atoms with Gasteiger partial charge in [0.05, 0.1) is 0 Å². The Morgan fingerprint density at radius 2 is 0.933 bits per heavy atom. The Hall–Kier alpha value is -1.50. The molecular formula is C28H32SiZr. The van der Waals surface area contributed by atoms with Gasteiger partial charge in [0.2, 0.25) is 0 Å². The largest absolute Gasteiger partial charge is 4.00 e. The van der Waals surface area contributed by atoms with Gasteiger partial charge in [0, 0.05) is 0 Å². The zero-order valence-electron chi connectivity index (χ0n) is 19.2.